The number of esters is 1. The molecule has 0 radical (unpaired) electrons. The average molecular weight is 406 g/mol. The van der Waals surface area contributed by atoms with Gasteiger partial charge in [0.1, 0.15) is 11.5 Å². The van der Waals surface area contributed by atoms with Gasteiger partial charge in [-0.1, -0.05) is 24.3 Å². The highest BCUT2D eigenvalue weighted by atomic mass is 16.5. The van der Waals surface area contributed by atoms with Crippen molar-refractivity contribution >= 4 is 23.9 Å². The van der Waals surface area contributed by atoms with Crippen LogP contribution in [0, 0.1) is 5.92 Å². The molecule has 5 nitrogen and oxygen atoms in total. The van der Waals surface area contributed by atoms with E-state index in [4.69, 9.17) is 14.2 Å². The van der Waals surface area contributed by atoms with E-state index in [1.165, 1.54) is 0 Å². The van der Waals surface area contributed by atoms with Crippen molar-refractivity contribution in [1.29, 1.82) is 0 Å². The summed E-state index contributed by atoms with van der Waals surface area (Å²) in [4.78, 5) is 25.7. The number of hydrogen-bond donors (Lipinski definition) is 0. The molecule has 2 aromatic rings. The molecule has 1 aliphatic carbocycles. The number of carbonyl (C=O) groups is 2. The minimum absolute atomic E-state index is 0.0545. The lowest BCUT2D eigenvalue weighted by atomic mass is 9.79. The number of carbonyl (C=O) groups excluding carboxylic acids is 2. The van der Waals surface area contributed by atoms with Gasteiger partial charge in [-0.2, -0.15) is 0 Å². The van der Waals surface area contributed by atoms with E-state index in [0.29, 0.717) is 42.1 Å². The van der Waals surface area contributed by atoms with Crippen LogP contribution in [0.25, 0.3) is 12.2 Å². The van der Waals surface area contributed by atoms with E-state index in [1.54, 1.807) is 21.1 Å². The highest BCUT2D eigenvalue weighted by Crippen LogP contribution is 2.34. The number of ketones is 1. The zero-order chi connectivity index (χ0) is 21.5. The first-order valence-corrected chi connectivity index (χ1v) is 9.94. The minimum atomic E-state index is -0.392. The number of methoxy groups -OCH3 is 2. The van der Waals surface area contributed by atoms with Gasteiger partial charge in [-0.3, -0.25) is 9.59 Å². The highest BCUT2D eigenvalue weighted by molar-refractivity contribution is 6.14. The molecule has 0 heterocycles. The van der Waals surface area contributed by atoms with Crippen LogP contribution in [0.15, 0.2) is 59.7 Å². The van der Waals surface area contributed by atoms with Crippen molar-refractivity contribution in [2.75, 3.05) is 20.8 Å². The third-order valence-electron chi connectivity index (χ3n) is 5.01. The summed E-state index contributed by atoms with van der Waals surface area (Å²) in [5, 5.41) is 0. The molecule has 0 saturated heterocycles. The molecule has 0 aliphatic heterocycles. The summed E-state index contributed by atoms with van der Waals surface area (Å²) >= 11 is 0. The molecule has 30 heavy (non-hydrogen) atoms. The molecule has 0 atom stereocenters. The number of Topliss-reactive ketones (excluding diaryl/α,β-unsaturated/α-hetero) is 1. The molecule has 0 amide bonds. The predicted molar refractivity (Wildman–Crippen MR) is 116 cm³/mol. The fraction of sp³-hybridized carbons (Fsp3) is 0.280. The van der Waals surface area contributed by atoms with Crippen molar-refractivity contribution in [3.63, 3.8) is 0 Å². The normalized spacial score (nSPS) is 19.0. The first-order valence-electron chi connectivity index (χ1n) is 9.94. The maximum absolute atomic E-state index is 13.2. The van der Waals surface area contributed by atoms with Gasteiger partial charge in [0.15, 0.2) is 5.78 Å². The van der Waals surface area contributed by atoms with Crippen molar-refractivity contribution in [3.8, 4) is 11.5 Å². The lowest BCUT2D eigenvalue weighted by Crippen LogP contribution is -2.27. The molecule has 5 heteroatoms. The zero-order valence-electron chi connectivity index (χ0n) is 17.5. The standard InChI is InChI=1S/C25H26O5/c1-4-30-25(27)21-15-19(11-17-7-5-9-22(13-17)28-2)24(26)20(16-21)12-18-8-6-10-23(14-18)29-3/h5-14,21H,4,15-16H2,1-3H3/b19-11-,20-12-. The Kier molecular flexibility index (Phi) is 7.07. The van der Waals surface area contributed by atoms with Crippen LogP contribution >= 0.6 is 0 Å². The van der Waals surface area contributed by atoms with Gasteiger partial charge in [-0.25, -0.2) is 0 Å². The molecular formula is C25H26O5. The van der Waals surface area contributed by atoms with E-state index < -0.39 is 5.92 Å². The van der Waals surface area contributed by atoms with Crippen LogP contribution in [0.3, 0.4) is 0 Å². The second-order valence-electron chi connectivity index (χ2n) is 7.08. The third-order valence-corrected chi connectivity index (χ3v) is 5.01. The Balaban J connectivity index is 1.99. The first kappa shape index (κ1) is 21.4. The van der Waals surface area contributed by atoms with Gasteiger partial charge in [0, 0.05) is 11.1 Å². The summed E-state index contributed by atoms with van der Waals surface area (Å²) in [6.07, 6.45) is 4.36. The molecular weight excluding hydrogens is 380 g/mol. The van der Waals surface area contributed by atoms with Crippen LogP contribution in [0.4, 0.5) is 0 Å². The SMILES string of the molecule is CCOC(=O)C1C/C(=C/c2cccc(OC)c2)C(=O)/C(=C\c2cccc(OC)c2)C1. The Bertz CT molecular complexity index is 917. The molecule has 0 N–H and O–H groups in total. The topological polar surface area (TPSA) is 61.8 Å². The monoisotopic (exact) mass is 406 g/mol. The molecule has 0 aromatic heterocycles. The summed E-state index contributed by atoms with van der Waals surface area (Å²) in [5.41, 5.74) is 2.87. The summed E-state index contributed by atoms with van der Waals surface area (Å²) < 4.78 is 15.8. The summed E-state index contributed by atoms with van der Waals surface area (Å²) in [6, 6.07) is 15.0. The largest absolute Gasteiger partial charge is 0.497 e. The zero-order valence-corrected chi connectivity index (χ0v) is 17.5. The molecule has 3 rings (SSSR count). The van der Waals surface area contributed by atoms with Crippen LogP contribution in [0.1, 0.15) is 30.9 Å². The predicted octanol–water partition coefficient (Wildman–Crippen LogP) is 4.71. The van der Waals surface area contributed by atoms with Gasteiger partial charge in [0.05, 0.1) is 26.7 Å². The third kappa shape index (κ3) is 5.17. The molecule has 0 unspecified atom stereocenters. The fourth-order valence-electron chi connectivity index (χ4n) is 3.54. The second-order valence-corrected chi connectivity index (χ2v) is 7.08. The lowest BCUT2D eigenvalue weighted by molar-refractivity contribution is -0.148. The maximum atomic E-state index is 13.2. The number of rotatable bonds is 6. The Morgan fingerprint density at radius 2 is 1.43 bits per heavy atom. The molecule has 1 aliphatic rings. The minimum Gasteiger partial charge on any atom is -0.497 e. The Morgan fingerprint density at radius 3 is 1.87 bits per heavy atom. The lowest BCUT2D eigenvalue weighted by Gasteiger charge is -2.24. The van der Waals surface area contributed by atoms with Gasteiger partial charge in [-0.15, -0.1) is 0 Å². The smallest absolute Gasteiger partial charge is 0.309 e. The Labute approximate surface area is 177 Å². The van der Waals surface area contributed by atoms with Gasteiger partial charge in [0.25, 0.3) is 0 Å². The van der Waals surface area contributed by atoms with Crippen LogP contribution in [0.5, 0.6) is 11.5 Å². The molecule has 0 spiro atoms. The van der Waals surface area contributed by atoms with E-state index >= 15 is 0 Å². The summed E-state index contributed by atoms with van der Waals surface area (Å²) in [7, 11) is 3.20. The fourth-order valence-corrected chi connectivity index (χ4v) is 3.54. The van der Waals surface area contributed by atoms with Gasteiger partial charge in [-0.05, 0) is 67.3 Å². The van der Waals surface area contributed by atoms with Gasteiger partial charge in [0.2, 0.25) is 0 Å². The van der Waals surface area contributed by atoms with E-state index in [2.05, 4.69) is 0 Å². The van der Waals surface area contributed by atoms with Crippen molar-refractivity contribution in [2.24, 2.45) is 5.92 Å². The molecule has 156 valence electrons. The molecule has 1 saturated carbocycles. The summed E-state index contributed by atoms with van der Waals surface area (Å²) in [6.45, 7) is 2.10. The molecule has 1 fully saturated rings. The van der Waals surface area contributed by atoms with Gasteiger partial charge < -0.3 is 14.2 Å². The van der Waals surface area contributed by atoms with E-state index in [9.17, 15) is 9.59 Å². The van der Waals surface area contributed by atoms with E-state index in [0.717, 1.165) is 11.1 Å². The number of allylic oxidation sites excluding steroid dienone is 2. The van der Waals surface area contributed by atoms with Crippen LogP contribution < -0.4 is 9.47 Å². The quantitative estimate of drug-likeness (QED) is 0.513. The van der Waals surface area contributed by atoms with Gasteiger partial charge >= 0.3 is 5.97 Å². The highest BCUT2D eigenvalue weighted by Gasteiger charge is 2.33. The average Bonchev–Trinajstić information content (AvgIpc) is 2.76. The number of ether oxygens (including phenoxy) is 3. The molecule has 0 bridgehead atoms. The molecule has 2 aromatic carbocycles. The van der Waals surface area contributed by atoms with Crippen molar-refractivity contribution in [1.82, 2.24) is 0 Å². The van der Waals surface area contributed by atoms with Crippen molar-refractivity contribution in [3.05, 3.63) is 70.8 Å². The Morgan fingerprint density at radius 1 is 0.933 bits per heavy atom. The van der Waals surface area contributed by atoms with E-state index in [-0.39, 0.29) is 11.8 Å². The first-order chi connectivity index (χ1) is 14.5. The maximum Gasteiger partial charge on any atom is 0.309 e. The van der Waals surface area contributed by atoms with Crippen molar-refractivity contribution in [2.45, 2.75) is 19.8 Å². The number of benzene rings is 2. The second kappa shape index (κ2) is 9.92. The summed E-state index contributed by atoms with van der Waals surface area (Å²) in [5.74, 6) is 0.694. The number of hydrogen-bond acceptors (Lipinski definition) is 5. The van der Waals surface area contributed by atoms with Crippen LogP contribution in [-0.4, -0.2) is 32.6 Å². The van der Waals surface area contributed by atoms with Crippen LogP contribution in [0.2, 0.25) is 0 Å². The Hall–Kier alpha value is -3.34. The van der Waals surface area contributed by atoms with E-state index in [1.807, 2.05) is 60.7 Å². The van der Waals surface area contributed by atoms with Crippen LogP contribution in [-0.2, 0) is 14.3 Å². The van der Waals surface area contributed by atoms with Crippen molar-refractivity contribution < 1.29 is 23.8 Å².